The number of sulfonamides is 1. The molecule has 0 spiro atoms. The second kappa shape index (κ2) is 6.47. The van der Waals surface area contributed by atoms with Crippen LogP contribution in [0.4, 0.5) is 0 Å². The van der Waals surface area contributed by atoms with E-state index in [-0.39, 0.29) is 4.90 Å². The third-order valence-electron chi connectivity index (χ3n) is 2.95. The van der Waals surface area contributed by atoms with Crippen LogP contribution in [0.25, 0.3) is 0 Å². The van der Waals surface area contributed by atoms with Crippen LogP contribution in [0, 0.1) is 0 Å². The Labute approximate surface area is 127 Å². The number of rotatable bonds is 5. The number of hydrogen-bond acceptors (Lipinski definition) is 3. The first kappa shape index (κ1) is 15.2. The van der Waals surface area contributed by atoms with Gasteiger partial charge in [-0.25, -0.2) is 12.7 Å². The predicted molar refractivity (Wildman–Crippen MR) is 81.9 cm³/mol. The summed E-state index contributed by atoms with van der Waals surface area (Å²) in [5, 5.41) is 0. The van der Waals surface area contributed by atoms with Crippen LogP contribution in [0.3, 0.4) is 0 Å². The van der Waals surface area contributed by atoms with Crippen LogP contribution in [0.2, 0.25) is 0 Å². The Morgan fingerprint density at radius 2 is 1.90 bits per heavy atom. The van der Waals surface area contributed by atoms with E-state index in [0.29, 0.717) is 17.4 Å². The van der Waals surface area contributed by atoms with Crippen molar-refractivity contribution in [2.24, 2.45) is 0 Å². The molecule has 0 atom stereocenters. The average Bonchev–Trinajstić information content (AvgIpc) is 2.45. The predicted octanol–water partition coefficient (Wildman–Crippen LogP) is 2.71. The molecule has 1 aromatic carbocycles. The molecule has 2 aromatic rings. The molecule has 0 fully saturated rings. The normalized spacial score (nSPS) is 11.8. The molecule has 1 heterocycles. The van der Waals surface area contributed by atoms with Crippen LogP contribution in [-0.2, 0) is 16.4 Å². The van der Waals surface area contributed by atoms with Crippen molar-refractivity contribution in [1.82, 2.24) is 9.29 Å². The molecule has 0 N–H and O–H groups in total. The number of likely N-dealkylation sites (N-methyl/N-ethyl adjacent to an activating group) is 1. The van der Waals surface area contributed by atoms with Crippen LogP contribution in [-0.4, -0.2) is 31.3 Å². The van der Waals surface area contributed by atoms with Crippen LogP contribution in [0.15, 0.2) is 58.2 Å². The van der Waals surface area contributed by atoms with Crippen molar-refractivity contribution >= 4 is 26.0 Å². The largest absolute Gasteiger partial charge is 0.262 e. The molecule has 2 rings (SSSR count). The molecular formula is C14H15BrN2O2S. The molecule has 0 bridgehead atoms. The molecular weight excluding hydrogens is 340 g/mol. The highest BCUT2D eigenvalue weighted by molar-refractivity contribution is 9.10. The SMILES string of the molecule is CN(CCc1ccccc1)S(=O)(=O)c1cncc(Br)c1. The first-order valence-corrected chi connectivity index (χ1v) is 8.34. The highest BCUT2D eigenvalue weighted by Crippen LogP contribution is 2.18. The molecule has 1 aromatic heterocycles. The zero-order chi connectivity index (χ0) is 14.6. The molecule has 0 amide bonds. The summed E-state index contributed by atoms with van der Waals surface area (Å²) < 4.78 is 26.7. The van der Waals surface area contributed by atoms with Crippen LogP contribution in [0.1, 0.15) is 5.56 Å². The molecule has 0 unspecified atom stereocenters. The molecule has 20 heavy (non-hydrogen) atoms. The van der Waals surface area contributed by atoms with E-state index in [1.165, 1.54) is 10.5 Å². The van der Waals surface area contributed by atoms with Crippen LogP contribution in [0.5, 0.6) is 0 Å². The first-order valence-electron chi connectivity index (χ1n) is 6.11. The summed E-state index contributed by atoms with van der Waals surface area (Å²) in [5.74, 6) is 0. The van der Waals surface area contributed by atoms with Gasteiger partial charge in [0, 0.05) is 30.5 Å². The molecule has 0 saturated heterocycles. The van der Waals surface area contributed by atoms with Gasteiger partial charge in [-0.1, -0.05) is 30.3 Å². The minimum absolute atomic E-state index is 0.197. The fourth-order valence-electron chi connectivity index (χ4n) is 1.76. The van der Waals surface area contributed by atoms with Gasteiger partial charge in [-0.3, -0.25) is 4.98 Å². The number of nitrogens with zero attached hydrogens (tertiary/aromatic N) is 2. The fourth-order valence-corrected chi connectivity index (χ4v) is 3.44. The van der Waals surface area contributed by atoms with Crippen molar-refractivity contribution in [1.29, 1.82) is 0 Å². The summed E-state index contributed by atoms with van der Waals surface area (Å²) in [6.45, 7) is 0.429. The van der Waals surface area contributed by atoms with E-state index in [1.807, 2.05) is 30.3 Å². The molecule has 0 saturated carbocycles. The third-order valence-corrected chi connectivity index (χ3v) is 5.20. The Morgan fingerprint density at radius 3 is 2.55 bits per heavy atom. The van der Waals surface area contributed by atoms with E-state index in [1.54, 1.807) is 19.3 Å². The number of pyridine rings is 1. The number of aromatic nitrogens is 1. The van der Waals surface area contributed by atoms with Gasteiger partial charge in [0.2, 0.25) is 10.0 Å². The maximum Gasteiger partial charge on any atom is 0.244 e. The molecule has 0 aliphatic heterocycles. The Kier molecular flexibility index (Phi) is 4.91. The zero-order valence-corrected chi connectivity index (χ0v) is 13.4. The van der Waals surface area contributed by atoms with Gasteiger partial charge in [0.05, 0.1) is 0 Å². The zero-order valence-electron chi connectivity index (χ0n) is 11.0. The van der Waals surface area contributed by atoms with Gasteiger partial charge in [0.15, 0.2) is 0 Å². The quantitative estimate of drug-likeness (QED) is 0.829. The maximum absolute atomic E-state index is 12.4. The first-order chi connectivity index (χ1) is 9.50. The highest BCUT2D eigenvalue weighted by Gasteiger charge is 2.20. The lowest BCUT2D eigenvalue weighted by atomic mass is 10.2. The van der Waals surface area contributed by atoms with E-state index in [2.05, 4.69) is 20.9 Å². The maximum atomic E-state index is 12.4. The summed E-state index contributed by atoms with van der Waals surface area (Å²) in [6.07, 6.45) is 3.60. The van der Waals surface area contributed by atoms with Gasteiger partial charge in [0.25, 0.3) is 0 Å². The van der Waals surface area contributed by atoms with Gasteiger partial charge in [-0.05, 0) is 34.0 Å². The van der Waals surface area contributed by atoms with Crippen LogP contribution < -0.4 is 0 Å². The summed E-state index contributed by atoms with van der Waals surface area (Å²) in [7, 11) is -1.91. The third kappa shape index (κ3) is 3.65. The van der Waals surface area contributed by atoms with Crippen molar-refractivity contribution in [2.75, 3.05) is 13.6 Å². The standard InChI is InChI=1S/C14H15BrN2O2S/c1-17(8-7-12-5-3-2-4-6-12)20(18,19)14-9-13(15)10-16-11-14/h2-6,9-11H,7-8H2,1H3. The molecule has 0 aliphatic carbocycles. The smallest absolute Gasteiger partial charge is 0.244 e. The van der Waals surface area contributed by atoms with Crippen molar-refractivity contribution in [3.63, 3.8) is 0 Å². The lowest BCUT2D eigenvalue weighted by molar-refractivity contribution is 0.472. The molecule has 0 aliphatic rings. The number of halogens is 1. The van der Waals surface area contributed by atoms with E-state index < -0.39 is 10.0 Å². The second-order valence-corrected chi connectivity index (χ2v) is 7.36. The summed E-state index contributed by atoms with van der Waals surface area (Å²) in [6, 6.07) is 11.4. The van der Waals surface area contributed by atoms with Crippen molar-refractivity contribution in [3.8, 4) is 0 Å². The molecule has 0 radical (unpaired) electrons. The second-order valence-electron chi connectivity index (χ2n) is 4.40. The monoisotopic (exact) mass is 354 g/mol. The fraction of sp³-hybridized carbons (Fsp3) is 0.214. The van der Waals surface area contributed by atoms with E-state index in [9.17, 15) is 8.42 Å². The van der Waals surface area contributed by atoms with Gasteiger partial charge in [0.1, 0.15) is 4.90 Å². The Hall–Kier alpha value is -1.24. The van der Waals surface area contributed by atoms with Crippen LogP contribution >= 0.6 is 15.9 Å². The van der Waals surface area contributed by atoms with Crippen molar-refractivity contribution in [2.45, 2.75) is 11.3 Å². The molecule has 106 valence electrons. The minimum Gasteiger partial charge on any atom is -0.262 e. The van der Waals surface area contributed by atoms with Gasteiger partial charge in [-0.15, -0.1) is 0 Å². The summed E-state index contributed by atoms with van der Waals surface area (Å²) in [5.41, 5.74) is 1.11. The average molecular weight is 355 g/mol. The van der Waals surface area contributed by atoms with Gasteiger partial charge >= 0.3 is 0 Å². The lowest BCUT2D eigenvalue weighted by Gasteiger charge is -2.17. The van der Waals surface area contributed by atoms with E-state index >= 15 is 0 Å². The summed E-state index contributed by atoms with van der Waals surface area (Å²) in [4.78, 5) is 4.10. The minimum atomic E-state index is -3.49. The number of hydrogen-bond donors (Lipinski definition) is 0. The molecule has 4 nitrogen and oxygen atoms in total. The van der Waals surface area contributed by atoms with Crippen molar-refractivity contribution in [3.05, 3.63) is 58.8 Å². The van der Waals surface area contributed by atoms with Gasteiger partial charge in [-0.2, -0.15) is 0 Å². The van der Waals surface area contributed by atoms with Gasteiger partial charge < -0.3 is 0 Å². The Balaban J connectivity index is 2.10. The highest BCUT2D eigenvalue weighted by atomic mass is 79.9. The molecule has 6 heteroatoms. The van der Waals surface area contributed by atoms with Crippen molar-refractivity contribution < 1.29 is 8.42 Å². The van der Waals surface area contributed by atoms with E-state index in [0.717, 1.165) is 5.56 Å². The topological polar surface area (TPSA) is 50.3 Å². The number of benzene rings is 1. The Morgan fingerprint density at radius 1 is 1.20 bits per heavy atom. The van der Waals surface area contributed by atoms with E-state index in [4.69, 9.17) is 0 Å². The Bertz CT molecular complexity index is 675. The lowest BCUT2D eigenvalue weighted by Crippen LogP contribution is -2.29. The summed E-state index contributed by atoms with van der Waals surface area (Å²) >= 11 is 3.23.